The van der Waals surface area contributed by atoms with Crippen molar-refractivity contribution in [3.05, 3.63) is 126 Å². The molecule has 0 radical (unpaired) electrons. The third-order valence-corrected chi connectivity index (χ3v) is 8.14. The van der Waals surface area contributed by atoms with Gasteiger partial charge in [-0.25, -0.2) is 4.99 Å². The van der Waals surface area contributed by atoms with Crippen molar-refractivity contribution in [2.45, 2.75) is 18.9 Å². The summed E-state index contributed by atoms with van der Waals surface area (Å²) in [5.74, 6) is 0.780. The molecule has 6 heteroatoms. The normalized spacial score (nSPS) is 16.9. The fourth-order valence-corrected chi connectivity index (χ4v) is 6.53. The van der Waals surface area contributed by atoms with Gasteiger partial charge in [-0.15, -0.1) is 11.3 Å². The number of allylic oxidation sites excluding steroid dienone is 1. The molecule has 4 nitrogen and oxygen atoms in total. The van der Waals surface area contributed by atoms with Crippen LogP contribution in [0.3, 0.4) is 0 Å². The van der Waals surface area contributed by atoms with Crippen LogP contribution in [0.2, 0.25) is 0 Å². The Labute approximate surface area is 205 Å². The molecule has 1 atom stereocenters. The summed E-state index contributed by atoms with van der Waals surface area (Å²) in [4.78, 5) is 20.7. The number of fused-ring (bicyclic) bond motifs is 3. The van der Waals surface area contributed by atoms with Crippen LogP contribution < -0.4 is 19.6 Å². The Balaban J connectivity index is 1.51. The maximum atomic E-state index is 13.7. The van der Waals surface area contributed by atoms with Gasteiger partial charge in [-0.1, -0.05) is 66.5 Å². The van der Waals surface area contributed by atoms with Crippen LogP contribution >= 0.6 is 22.7 Å². The average molecular weight is 483 g/mol. The van der Waals surface area contributed by atoms with Gasteiger partial charge in [0.1, 0.15) is 12.4 Å². The second kappa shape index (κ2) is 8.70. The molecule has 2 aromatic carbocycles. The molecule has 0 spiro atoms. The van der Waals surface area contributed by atoms with Gasteiger partial charge >= 0.3 is 0 Å². The summed E-state index contributed by atoms with van der Waals surface area (Å²) in [6.07, 6.45) is 5.55. The van der Waals surface area contributed by atoms with Crippen LogP contribution in [0.25, 0.3) is 11.8 Å². The number of ether oxygens (including phenoxy) is 1. The zero-order valence-electron chi connectivity index (χ0n) is 18.4. The molecule has 168 valence electrons. The molecule has 2 aromatic heterocycles. The van der Waals surface area contributed by atoms with E-state index in [1.54, 1.807) is 17.4 Å². The smallest absolute Gasteiger partial charge is 0.271 e. The minimum atomic E-state index is -0.101. The van der Waals surface area contributed by atoms with Crippen LogP contribution in [0.4, 0.5) is 0 Å². The van der Waals surface area contributed by atoms with Gasteiger partial charge in [0, 0.05) is 10.4 Å². The molecule has 0 bridgehead atoms. The van der Waals surface area contributed by atoms with Crippen LogP contribution in [0.1, 0.15) is 34.0 Å². The largest absolute Gasteiger partial charge is 0.490 e. The van der Waals surface area contributed by atoms with Gasteiger partial charge in [0.2, 0.25) is 0 Å². The second-order valence-corrected chi connectivity index (χ2v) is 10.3. The molecule has 0 N–H and O–H groups in total. The summed E-state index contributed by atoms with van der Waals surface area (Å²) in [5, 5.41) is 2.08. The lowest BCUT2D eigenvalue weighted by Gasteiger charge is -2.30. The fraction of sp³-hybridized carbons (Fsp3) is 0.143. The Morgan fingerprint density at radius 3 is 2.74 bits per heavy atom. The van der Waals surface area contributed by atoms with Gasteiger partial charge in [0.05, 0.1) is 16.3 Å². The summed E-state index contributed by atoms with van der Waals surface area (Å²) >= 11 is 3.16. The van der Waals surface area contributed by atoms with E-state index in [-0.39, 0.29) is 11.6 Å². The highest BCUT2D eigenvalue weighted by atomic mass is 32.1. The van der Waals surface area contributed by atoms with Gasteiger partial charge in [-0.05, 0) is 59.2 Å². The lowest BCUT2D eigenvalue weighted by Crippen LogP contribution is -2.38. The molecule has 0 saturated heterocycles. The summed E-state index contributed by atoms with van der Waals surface area (Å²) in [6, 6.07) is 20.4. The molecule has 3 heterocycles. The number of hydrogen-bond acceptors (Lipinski definition) is 5. The molecule has 6 rings (SSSR count). The van der Waals surface area contributed by atoms with Crippen LogP contribution in [0.15, 0.2) is 94.1 Å². The first-order valence-corrected chi connectivity index (χ1v) is 12.9. The van der Waals surface area contributed by atoms with Crippen molar-refractivity contribution in [2.24, 2.45) is 4.99 Å². The molecule has 0 amide bonds. The molecular weight excluding hydrogens is 460 g/mol. The first kappa shape index (κ1) is 21.1. The highest BCUT2D eigenvalue weighted by Gasteiger charge is 2.32. The van der Waals surface area contributed by atoms with E-state index >= 15 is 0 Å². The van der Waals surface area contributed by atoms with Gasteiger partial charge in [-0.2, -0.15) is 0 Å². The van der Waals surface area contributed by atoms with E-state index in [1.807, 2.05) is 34.9 Å². The van der Waals surface area contributed by atoms with Crippen molar-refractivity contribution in [2.75, 3.05) is 6.61 Å². The maximum Gasteiger partial charge on any atom is 0.271 e. The minimum Gasteiger partial charge on any atom is -0.490 e. The Morgan fingerprint density at radius 2 is 1.94 bits per heavy atom. The third kappa shape index (κ3) is 3.59. The Hall–Kier alpha value is -3.48. The molecule has 2 aliphatic rings. The molecule has 1 aliphatic heterocycles. The molecule has 34 heavy (non-hydrogen) atoms. The SMILES string of the molecule is C=CCOc1ccc(/C=c2/sc3n(c2=O)[C@H](c2cccs2)C2=C(N=3)c3ccccc3CC2)cc1. The van der Waals surface area contributed by atoms with Crippen molar-refractivity contribution in [1.82, 2.24) is 4.57 Å². The number of aryl methyl sites for hydroxylation is 1. The van der Waals surface area contributed by atoms with Crippen LogP contribution in [0.5, 0.6) is 5.75 Å². The molecular formula is C28H22N2O2S2. The Bertz CT molecular complexity index is 1590. The average Bonchev–Trinajstić information content (AvgIpc) is 3.51. The summed E-state index contributed by atoms with van der Waals surface area (Å²) in [7, 11) is 0. The standard InChI is InChI=1S/C28H22N2O2S2/c1-2-15-32-20-12-9-18(10-13-20)17-24-27(31)30-26(23-8-5-16-33-23)22-14-11-19-6-3-4-7-21(19)25(22)29-28(30)34-24/h2-10,12-13,16-17,26H,1,11,14-15H2/b24-17+/t26-/m0/s1. The first-order valence-electron chi connectivity index (χ1n) is 11.2. The number of hydrogen-bond donors (Lipinski definition) is 0. The van der Waals surface area contributed by atoms with Crippen LogP contribution in [0, 0.1) is 0 Å². The lowest BCUT2D eigenvalue weighted by molar-refractivity contribution is 0.363. The predicted octanol–water partition coefficient (Wildman–Crippen LogP) is 4.95. The van der Waals surface area contributed by atoms with E-state index in [4.69, 9.17) is 9.73 Å². The number of thiazole rings is 1. The maximum absolute atomic E-state index is 13.7. The number of benzene rings is 2. The molecule has 1 aliphatic carbocycles. The van der Waals surface area contributed by atoms with Crippen molar-refractivity contribution in [1.29, 1.82) is 0 Å². The Kier molecular flexibility index (Phi) is 5.40. The highest BCUT2D eigenvalue weighted by molar-refractivity contribution is 7.10. The summed E-state index contributed by atoms with van der Waals surface area (Å²) < 4.78 is 8.16. The van der Waals surface area contributed by atoms with Gasteiger partial charge in [0.25, 0.3) is 5.56 Å². The van der Waals surface area contributed by atoms with Gasteiger partial charge < -0.3 is 4.74 Å². The fourth-order valence-electron chi connectivity index (χ4n) is 4.68. The topological polar surface area (TPSA) is 43.6 Å². The lowest BCUT2D eigenvalue weighted by atomic mass is 9.85. The van der Waals surface area contributed by atoms with E-state index in [0.717, 1.165) is 34.7 Å². The minimum absolute atomic E-state index is 0.0135. The number of thiophene rings is 1. The van der Waals surface area contributed by atoms with Gasteiger partial charge in [-0.3, -0.25) is 9.36 Å². The van der Waals surface area contributed by atoms with E-state index in [2.05, 4.69) is 48.4 Å². The summed E-state index contributed by atoms with van der Waals surface area (Å²) in [5.41, 5.74) is 5.77. The zero-order chi connectivity index (χ0) is 23.1. The Morgan fingerprint density at radius 1 is 1.09 bits per heavy atom. The number of rotatable bonds is 5. The first-order chi connectivity index (χ1) is 16.7. The molecule has 0 saturated carbocycles. The monoisotopic (exact) mass is 482 g/mol. The van der Waals surface area contributed by atoms with E-state index in [0.29, 0.717) is 11.1 Å². The van der Waals surface area contributed by atoms with E-state index in [9.17, 15) is 4.79 Å². The summed E-state index contributed by atoms with van der Waals surface area (Å²) in [6.45, 7) is 4.14. The van der Waals surface area contributed by atoms with E-state index in [1.165, 1.54) is 32.9 Å². The number of aromatic nitrogens is 1. The quantitative estimate of drug-likeness (QED) is 0.378. The second-order valence-electron chi connectivity index (χ2n) is 8.30. The van der Waals surface area contributed by atoms with Crippen molar-refractivity contribution in [3.8, 4) is 5.75 Å². The number of nitrogens with zero attached hydrogens (tertiary/aromatic N) is 2. The van der Waals surface area contributed by atoms with Crippen LogP contribution in [-0.2, 0) is 6.42 Å². The van der Waals surface area contributed by atoms with Gasteiger partial charge in [0.15, 0.2) is 4.80 Å². The van der Waals surface area contributed by atoms with Crippen molar-refractivity contribution >= 4 is 34.4 Å². The predicted molar refractivity (Wildman–Crippen MR) is 139 cm³/mol. The van der Waals surface area contributed by atoms with Crippen LogP contribution in [-0.4, -0.2) is 11.2 Å². The molecule has 0 unspecified atom stereocenters. The van der Waals surface area contributed by atoms with E-state index < -0.39 is 0 Å². The highest BCUT2D eigenvalue weighted by Crippen LogP contribution is 2.42. The zero-order valence-corrected chi connectivity index (χ0v) is 20.1. The molecule has 0 fully saturated rings. The molecule has 4 aromatic rings. The third-order valence-electron chi connectivity index (χ3n) is 6.23. The van der Waals surface area contributed by atoms with Crippen molar-refractivity contribution < 1.29 is 4.74 Å². The van der Waals surface area contributed by atoms with Crippen molar-refractivity contribution in [3.63, 3.8) is 0 Å².